The van der Waals surface area contributed by atoms with Gasteiger partial charge in [-0.3, -0.25) is 9.59 Å². The Hall–Kier alpha value is -3.69. The zero-order chi connectivity index (χ0) is 20.8. The van der Waals surface area contributed by atoms with Crippen LogP contribution in [0.25, 0.3) is 0 Å². The molecule has 1 aromatic heterocycles. The third-order valence-electron chi connectivity index (χ3n) is 4.04. The molecule has 0 radical (unpaired) electrons. The van der Waals surface area contributed by atoms with Crippen molar-refractivity contribution in [3.8, 4) is 0 Å². The third kappa shape index (κ3) is 4.53. The summed E-state index contributed by atoms with van der Waals surface area (Å²) in [6.07, 6.45) is 1.49. The van der Waals surface area contributed by atoms with E-state index in [2.05, 4.69) is 20.9 Å². The van der Waals surface area contributed by atoms with Crippen molar-refractivity contribution in [2.24, 2.45) is 11.5 Å². The monoisotopic (exact) mass is 387 g/mol. The Kier molecular flexibility index (Phi) is 6.48. The highest BCUT2D eigenvalue weighted by molar-refractivity contribution is 5.99. The average molecular weight is 387 g/mol. The molecule has 28 heavy (non-hydrogen) atoms. The highest BCUT2D eigenvalue weighted by atomic mass is 19.1. The molecule has 1 aromatic carbocycles. The maximum Gasteiger partial charge on any atom is 0.252 e. The Bertz CT molecular complexity index is 917. The van der Waals surface area contributed by atoms with Crippen LogP contribution in [0.3, 0.4) is 0 Å². The second kappa shape index (κ2) is 8.80. The van der Waals surface area contributed by atoms with E-state index >= 15 is 0 Å². The molecule has 148 valence electrons. The summed E-state index contributed by atoms with van der Waals surface area (Å²) in [4.78, 5) is 27.2. The second-order valence-electron chi connectivity index (χ2n) is 5.91. The summed E-state index contributed by atoms with van der Waals surface area (Å²) in [6.45, 7) is 1.71. The normalized spacial score (nSPS) is 11.4. The quantitative estimate of drug-likeness (QED) is 0.360. The Balaban J connectivity index is 2.46. The molecule has 8 N–H and O–H groups in total. The van der Waals surface area contributed by atoms with E-state index in [-0.39, 0.29) is 17.2 Å². The number of pyridine rings is 1. The molecule has 0 aliphatic carbocycles. The number of carbonyl (C=O) groups is 2. The molecule has 2 amide bonds. The molecule has 1 heterocycles. The Morgan fingerprint density at radius 1 is 1.29 bits per heavy atom. The molecule has 0 bridgehead atoms. The number of anilines is 4. The van der Waals surface area contributed by atoms with Crippen LogP contribution in [0.15, 0.2) is 24.3 Å². The van der Waals surface area contributed by atoms with E-state index in [0.29, 0.717) is 17.7 Å². The largest absolute Gasteiger partial charge is 0.388 e. The van der Waals surface area contributed by atoms with Crippen molar-refractivity contribution in [2.75, 3.05) is 23.0 Å². The summed E-state index contributed by atoms with van der Waals surface area (Å²) in [6, 6.07) is 5.19. The van der Waals surface area contributed by atoms with E-state index in [1.807, 2.05) is 0 Å². The van der Waals surface area contributed by atoms with Crippen molar-refractivity contribution >= 4 is 41.0 Å². The number of amides is 2. The first-order valence-electron chi connectivity index (χ1n) is 8.46. The molecule has 1 atom stereocenters. The fourth-order valence-electron chi connectivity index (χ4n) is 2.54. The summed E-state index contributed by atoms with van der Waals surface area (Å²) >= 11 is 0. The van der Waals surface area contributed by atoms with E-state index in [9.17, 15) is 14.0 Å². The maximum absolute atomic E-state index is 14.4. The molecule has 2 aromatic rings. The predicted molar refractivity (Wildman–Crippen MR) is 107 cm³/mol. The van der Waals surface area contributed by atoms with Gasteiger partial charge in [-0.2, -0.15) is 0 Å². The van der Waals surface area contributed by atoms with Gasteiger partial charge in [0.25, 0.3) is 5.91 Å². The van der Waals surface area contributed by atoms with E-state index in [1.165, 1.54) is 0 Å². The molecule has 0 aliphatic rings. The zero-order valence-electron chi connectivity index (χ0n) is 15.5. The van der Waals surface area contributed by atoms with E-state index < -0.39 is 23.7 Å². The standard InChI is InChI=1S/C18H22FN7O2/c1-3-13(16(22)28)25-18-12(19)7-11(15(21)27)17(26-18)24-10-4-5-14(23-2)9(6-10)8-20/h4-8,13,20,23H,3H2,1-2H3,(H2,21,27)(H2,22,28)(H2,24,25,26)/t13-/m1/s1. The van der Waals surface area contributed by atoms with Crippen molar-refractivity contribution in [1.29, 1.82) is 5.41 Å². The Morgan fingerprint density at radius 2 is 2.00 bits per heavy atom. The van der Waals surface area contributed by atoms with Crippen LogP contribution in [0.5, 0.6) is 0 Å². The van der Waals surface area contributed by atoms with Gasteiger partial charge in [0.05, 0.1) is 5.56 Å². The molecule has 0 spiro atoms. The van der Waals surface area contributed by atoms with Crippen molar-refractivity contribution in [2.45, 2.75) is 19.4 Å². The third-order valence-corrected chi connectivity index (χ3v) is 4.04. The molecule has 0 saturated carbocycles. The van der Waals surface area contributed by atoms with Crippen molar-refractivity contribution in [3.63, 3.8) is 0 Å². The first kappa shape index (κ1) is 20.6. The molecular weight excluding hydrogens is 365 g/mol. The Morgan fingerprint density at radius 3 is 2.54 bits per heavy atom. The number of halogens is 1. The van der Waals surface area contributed by atoms with Gasteiger partial charge in [-0.15, -0.1) is 0 Å². The fraction of sp³-hybridized carbons (Fsp3) is 0.222. The Labute approximate surface area is 161 Å². The van der Waals surface area contributed by atoms with Gasteiger partial charge >= 0.3 is 0 Å². The number of hydrogen-bond donors (Lipinski definition) is 6. The zero-order valence-corrected chi connectivity index (χ0v) is 15.5. The van der Waals surface area contributed by atoms with E-state index in [0.717, 1.165) is 18.0 Å². The van der Waals surface area contributed by atoms with Crippen molar-refractivity contribution in [1.82, 2.24) is 4.98 Å². The van der Waals surface area contributed by atoms with Crippen molar-refractivity contribution in [3.05, 3.63) is 41.2 Å². The van der Waals surface area contributed by atoms with Gasteiger partial charge in [-0.05, 0) is 30.7 Å². The van der Waals surface area contributed by atoms with Crippen LogP contribution in [0.4, 0.5) is 27.4 Å². The van der Waals surface area contributed by atoms with Gasteiger partial charge in [0, 0.05) is 30.2 Å². The lowest BCUT2D eigenvalue weighted by molar-refractivity contribution is -0.118. The molecule has 2 rings (SSSR count). The summed E-state index contributed by atoms with van der Waals surface area (Å²) in [5, 5.41) is 16.0. The lowest BCUT2D eigenvalue weighted by Crippen LogP contribution is -2.35. The smallest absolute Gasteiger partial charge is 0.252 e. The van der Waals surface area contributed by atoms with Gasteiger partial charge in [0.1, 0.15) is 11.9 Å². The van der Waals surface area contributed by atoms with E-state index in [1.54, 1.807) is 32.2 Å². The number of hydrogen-bond acceptors (Lipinski definition) is 7. The number of nitrogens with one attached hydrogen (secondary N) is 4. The minimum absolute atomic E-state index is 0.00358. The summed E-state index contributed by atoms with van der Waals surface area (Å²) < 4.78 is 14.4. The van der Waals surface area contributed by atoms with Crippen LogP contribution in [-0.2, 0) is 4.79 Å². The number of benzene rings is 1. The van der Waals surface area contributed by atoms with Crippen LogP contribution in [-0.4, -0.2) is 36.1 Å². The molecule has 0 aliphatic heterocycles. The molecule has 9 nitrogen and oxygen atoms in total. The SMILES string of the molecule is CC[C@@H](Nc1nc(Nc2ccc(NC)c(C=N)c2)c(C(N)=O)cc1F)C(N)=O. The summed E-state index contributed by atoms with van der Waals surface area (Å²) in [5.41, 5.74) is 12.3. The fourth-order valence-corrected chi connectivity index (χ4v) is 2.54. The van der Waals surface area contributed by atoms with Crippen LogP contribution in [0.2, 0.25) is 0 Å². The van der Waals surface area contributed by atoms with Crippen LogP contribution in [0.1, 0.15) is 29.3 Å². The highest BCUT2D eigenvalue weighted by Crippen LogP contribution is 2.26. The molecule has 0 fully saturated rings. The first-order chi connectivity index (χ1) is 13.3. The van der Waals surface area contributed by atoms with Gasteiger partial charge in [-0.1, -0.05) is 6.92 Å². The average Bonchev–Trinajstić information content (AvgIpc) is 2.67. The van der Waals surface area contributed by atoms with Crippen molar-refractivity contribution < 1.29 is 14.0 Å². The van der Waals surface area contributed by atoms with Crippen LogP contribution in [0, 0.1) is 11.2 Å². The van der Waals surface area contributed by atoms with Gasteiger partial charge < -0.3 is 32.8 Å². The minimum Gasteiger partial charge on any atom is -0.388 e. The maximum atomic E-state index is 14.4. The molecule has 0 saturated heterocycles. The topological polar surface area (TPSA) is 159 Å². The van der Waals surface area contributed by atoms with Gasteiger partial charge in [-0.25, -0.2) is 9.37 Å². The van der Waals surface area contributed by atoms with Gasteiger partial charge in [0.2, 0.25) is 5.91 Å². The first-order valence-corrected chi connectivity index (χ1v) is 8.46. The molecular formula is C18H22FN7O2. The number of carbonyl (C=O) groups excluding carboxylic acids is 2. The lowest BCUT2D eigenvalue weighted by atomic mass is 10.1. The number of aromatic nitrogens is 1. The molecule has 10 heteroatoms. The van der Waals surface area contributed by atoms with Crippen LogP contribution >= 0.6 is 0 Å². The number of rotatable bonds is 9. The second-order valence-corrected chi connectivity index (χ2v) is 5.91. The number of nitrogens with two attached hydrogens (primary N) is 2. The van der Waals surface area contributed by atoms with E-state index in [4.69, 9.17) is 16.9 Å². The van der Waals surface area contributed by atoms with Gasteiger partial charge in [0.15, 0.2) is 11.6 Å². The minimum atomic E-state index is -0.874. The number of primary amides is 2. The summed E-state index contributed by atoms with van der Waals surface area (Å²) in [5.74, 6) is -2.61. The predicted octanol–water partition coefficient (Wildman–Crippen LogP) is 1.78. The van der Waals surface area contributed by atoms with Crippen LogP contribution < -0.4 is 27.4 Å². The lowest BCUT2D eigenvalue weighted by Gasteiger charge is -2.17. The number of nitrogens with zero attached hydrogens (tertiary/aromatic N) is 1. The summed E-state index contributed by atoms with van der Waals surface area (Å²) in [7, 11) is 1.73. The highest BCUT2D eigenvalue weighted by Gasteiger charge is 2.20. The molecule has 0 unspecified atom stereocenters.